The number of nitrogens with one attached hydrogen (secondary N) is 1. The number of hydrogen-bond donors (Lipinski definition) is 1. The molecule has 9 heteroatoms. The van der Waals surface area contributed by atoms with Crippen molar-refractivity contribution in [3.05, 3.63) is 82.0 Å². The van der Waals surface area contributed by atoms with Crippen molar-refractivity contribution in [1.82, 2.24) is 20.0 Å². The molecule has 1 saturated heterocycles. The van der Waals surface area contributed by atoms with E-state index in [2.05, 4.69) is 10.2 Å². The van der Waals surface area contributed by atoms with Gasteiger partial charge >= 0.3 is 12.0 Å². The molecule has 0 saturated carbocycles. The summed E-state index contributed by atoms with van der Waals surface area (Å²) in [5, 5.41) is 3.54. The fourth-order valence-corrected chi connectivity index (χ4v) is 5.13. The summed E-state index contributed by atoms with van der Waals surface area (Å²) in [6, 6.07) is 15.4. The smallest absolute Gasteiger partial charge is 0.338 e. The van der Waals surface area contributed by atoms with Crippen LogP contribution in [0, 0.1) is 0 Å². The van der Waals surface area contributed by atoms with Gasteiger partial charge in [-0.3, -0.25) is 14.6 Å². The number of amides is 3. The Morgan fingerprint density at radius 3 is 2.38 bits per heavy atom. The first kappa shape index (κ1) is 26.7. The molecule has 2 aromatic rings. The first-order valence-corrected chi connectivity index (χ1v) is 13.0. The van der Waals surface area contributed by atoms with Gasteiger partial charge in [-0.1, -0.05) is 41.9 Å². The molecular formula is C28H33ClN4O4. The third kappa shape index (κ3) is 5.81. The first-order valence-electron chi connectivity index (χ1n) is 12.7. The number of nitrogens with zero attached hydrogens (tertiary/aromatic N) is 3. The molecule has 2 heterocycles. The van der Waals surface area contributed by atoms with Gasteiger partial charge in [-0.15, -0.1) is 0 Å². The average Bonchev–Trinajstić information content (AvgIpc) is 2.89. The van der Waals surface area contributed by atoms with Gasteiger partial charge in [-0.25, -0.2) is 9.59 Å². The fourth-order valence-electron chi connectivity index (χ4n) is 5.00. The summed E-state index contributed by atoms with van der Waals surface area (Å²) in [4.78, 5) is 45.1. The van der Waals surface area contributed by atoms with Crippen LogP contribution in [-0.4, -0.2) is 78.0 Å². The quantitative estimate of drug-likeness (QED) is 0.552. The first-order chi connectivity index (χ1) is 17.8. The number of likely N-dealkylation sites (N-methyl/N-ethyl adjacent to an activating group) is 1. The molecule has 0 aromatic heterocycles. The highest BCUT2D eigenvalue weighted by molar-refractivity contribution is 6.30. The summed E-state index contributed by atoms with van der Waals surface area (Å²) < 4.78 is 5.45. The maximum Gasteiger partial charge on any atom is 0.338 e. The summed E-state index contributed by atoms with van der Waals surface area (Å²) in [7, 11) is 0. The largest absolute Gasteiger partial charge is 0.463 e. The molecule has 8 nitrogen and oxygen atoms in total. The van der Waals surface area contributed by atoms with Gasteiger partial charge in [0.15, 0.2) is 0 Å². The van der Waals surface area contributed by atoms with Crippen LogP contribution in [0.5, 0.6) is 0 Å². The lowest BCUT2D eigenvalue weighted by molar-refractivity contribution is -0.139. The Bertz CT molecular complexity index is 1170. The summed E-state index contributed by atoms with van der Waals surface area (Å²) in [6.45, 7) is 8.46. The van der Waals surface area contributed by atoms with E-state index >= 15 is 0 Å². The van der Waals surface area contributed by atoms with Gasteiger partial charge in [0.25, 0.3) is 5.91 Å². The van der Waals surface area contributed by atoms with E-state index in [1.165, 1.54) is 0 Å². The maximum atomic E-state index is 13.3. The van der Waals surface area contributed by atoms with Gasteiger partial charge in [0.1, 0.15) is 0 Å². The maximum absolute atomic E-state index is 13.3. The van der Waals surface area contributed by atoms with Crippen molar-refractivity contribution in [2.45, 2.75) is 32.9 Å². The highest BCUT2D eigenvalue weighted by atomic mass is 35.5. The fraction of sp³-hybridized carbons (Fsp3) is 0.393. The summed E-state index contributed by atoms with van der Waals surface area (Å²) >= 11 is 6.08. The number of carbonyl (C=O) groups excluding carboxylic acids is 3. The predicted octanol–water partition coefficient (Wildman–Crippen LogP) is 4.09. The Hall–Kier alpha value is -3.36. The van der Waals surface area contributed by atoms with Crippen LogP contribution in [0.15, 0.2) is 65.9 Å². The molecule has 196 valence electrons. The second-order valence-electron chi connectivity index (χ2n) is 9.21. The number of rotatable bonds is 7. The lowest BCUT2D eigenvalue weighted by Gasteiger charge is -2.43. The Morgan fingerprint density at radius 1 is 1.05 bits per heavy atom. The number of piperazine rings is 1. The highest BCUT2D eigenvalue weighted by Crippen LogP contribution is 2.33. The van der Waals surface area contributed by atoms with Crippen LogP contribution in [0.25, 0.3) is 0 Å². The van der Waals surface area contributed by atoms with E-state index in [1.807, 2.05) is 61.2 Å². The Morgan fingerprint density at radius 2 is 1.76 bits per heavy atom. The van der Waals surface area contributed by atoms with Gasteiger partial charge in [0.2, 0.25) is 0 Å². The lowest BCUT2D eigenvalue weighted by atomic mass is 9.94. The van der Waals surface area contributed by atoms with Crippen molar-refractivity contribution in [3.63, 3.8) is 0 Å². The summed E-state index contributed by atoms with van der Waals surface area (Å²) in [5.74, 6) is -0.448. The zero-order valence-electron chi connectivity index (χ0n) is 21.4. The molecule has 4 rings (SSSR count). The zero-order valence-corrected chi connectivity index (χ0v) is 22.2. The van der Waals surface area contributed by atoms with E-state index < -0.39 is 12.0 Å². The Labute approximate surface area is 222 Å². The summed E-state index contributed by atoms with van der Waals surface area (Å²) in [5.41, 5.74) is 2.46. The molecule has 1 fully saturated rings. The van der Waals surface area contributed by atoms with Crippen LogP contribution in [0.4, 0.5) is 4.79 Å². The number of carbonyl (C=O) groups is 3. The Kier molecular flexibility index (Phi) is 8.51. The van der Waals surface area contributed by atoms with Gasteiger partial charge in [-0.05, 0) is 50.6 Å². The van der Waals surface area contributed by atoms with Crippen LogP contribution < -0.4 is 5.32 Å². The van der Waals surface area contributed by atoms with Crippen molar-refractivity contribution in [1.29, 1.82) is 0 Å². The minimum atomic E-state index is -0.653. The van der Waals surface area contributed by atoms with Crippen molar-refractivity contribution in [2.75, 3.05) is 39.3 Å². The molecule has 0 aliphatic carbocycles. The van der Waals surface area contributed by atoms with E-state index in [0.29, 0.717) is 54.6 Å². The van der Waals surface area contributed by atoms with Crippen LogP contribution >= 0.6 is 11.6 Å². The monoisotopic (exact) mass is 524 g/mol. The van der Waals surface area contributed by atoms with E-state index in [4.69, 9.17) is 16.3 Å². The van der Waals surface area contributed by atoms with Crippen molar-refractivity contribution in [2.24, 2.45) is 0 Å². The normalized spacial score (nSPS) is 20.6. The van der Waals surface area contributed by atoms with Crippen molar-refractivity contribution in [3.8, 4) is 0 Å². The van der Waals surface area contributed by atoms with Crippen LogP contribution in [0.1, 0.15) is 42.7 Å². The third-order valence-corrected chi connectivity index (χ3v) is 7.07. The molecule has 3 amide bonds. The number of esters is 1. The molecule has 2 aliphatic heterocycles. The van der Waals surface area contributed by atoms with E-state index in [9.17, 15) is 14.4 Å². The number of benzene rings is 2. The number of ether oxygens (including phenoxy) is 1. The SMILES string of the molecule is CCOC(=O)C1=C(CN2CCN(C(=O)c3ccccc3)[C@H](C)C2)N(CC)C(=O)N[C@@H]1c1ccc(Cl)cc1. The second kappa shape index (κ2) is 11.8. The second-order valence-corrected chi connectivity index (χ2v) is 9.64. The lowest BCUT2D eigenvalue weighted by Crippen LogP contribution is -2.56. The van der Waals surface area contributed by atoms with E-state index in [1.54, 1.807) is 24.0 Å². The molecule has 0 unspecified atom stereocenters. The molecule has 2 aliphatic rings. The van der Waals surface area contributed by atoms with Gasteiger partial charge in [0, 0.05) is 55.0 Å². The molecule has 1 N–H and O–H groups in total. The van der Waals surface area contributed by atoms with Crippen LogP contribution in [0.2, 0.25) is 5.02 Å². The van der Waals surface area contributed by atoms with E-state index in [0.717, 1.165) is 5.56 Å². The standard InChI is InChI=1S/C28H33ClN4O4/c1-4-32-23(18-31-15-16-33(19(3)17-31)26(34)21-9-7-6-8-10-21)24(27(35)37-5-2)25(30-28(32)36)20-11-13-22(29)14-12-20/h6-14,19,25H,4-5,15-18H2,1-3H3,(H,30,36)/t19-,25-/m1/s1. The van der Waals surface area contributed by atoms with Gasteiger partial charge in [-0.2, -0.15) is 0 Å². The molecule has 2 atom stereocenters. The van der Waals surface area contributed by atoms with E-state index in [-0.39, 0.29) is 24.6 Å². The topological polar surface area (TPSA) is 82.2 Å². The number of hydrogen-bond acceptors (Lipinski definition) is 5. The Balaban J connectivity index is 1.63. The van der Waals surface area contributed by atoms with Gasteiger partial charge in [0.05, 0.1) is 18.2 Å². The molecule has 0 spiro atoms. The summed E-state index contributed by atoms with van der Waals surface area (Å²) in [6.07, 6.45) is 0. The predicted molar refractivity (Wildman–Crippen MR) is 142 cm³/mol. The molecule has 0 radical (unpaired) electrons. The average molecular weight is 525 g/mol. The van der Waals surface area contributed by atoms with Crippen molar-refractivity contribution < 1.29 is 19.1 Å². The molecule has 0 bridgehead atoms. The van der Waals surface area contributed by atoms with Crippen LogP contribution in [0.3, 0.4) is 0 Å². The highest BCUT2D eigenvalue weighted by Gasteiger charge is 2.39. The van der Waals surface area contributed by atoms with Gasteiger partial charge < -0.3 is 15.0 Å². The molecule has 2 aromatic carbocycles. The zero-order chi connectivity index (χ0) is 26.5. The number of halogens is 1. The third-order valence-electron chi connectivity index (χ3n) is 6.82. The minimum Gasteiger partial charge on any atom is -0.463 e. The number of urea groups is 1. The van der Waals surface area contributed by atoms with Crippen molar-refractivity contribution >= 4 is 29.5 Å². The van der Waals surface area contributed by atoms with Crippen LogP contribution in [-0.2, 0) is 9.53 Å². The molecule has 37 heavy (non-hydrogen) atoms. The minimum absolute atomic E-state index is 0.00853. The molecular weight excluding hydrogens is 492 g/mol.